The first kappa shape index (κ1) is 34.9. The van der Waals surface area contributed by atoms with E-state index in [9.17, 15) is 19.5 Å². The van der Waals surface area contributed by atoms with Gasteiger partial charge in [-0.3, -0.25) is 14.4 Å². The second kappa shape index (κ2) is 16.1. The maximum atomic E-state index is 14.0. The van der Waals surface area contributed by atoms with Crippen LogP contribution in [0.3, 0.4) is 0 Å². The normalized spacial score (nSPS) is 20.8. The van der Waals surface area contributed by atoms with E-state index < -0.39 is 0 Å². The fraction of sp³-hybridized carbons (Fsp3) is 0.641. The maximum absolute atomic E-state index is 14.0. The predicted octanol–water partition coefficient (Wildman–Crippen LogP) is 8.73. The Kier molecular flexibility index (Phi) is 12.0. The summed E-state index contributed by atoms with van der Waals surface area (Å²) in [6, 6.07) is 5.81. The third-order valence-electron chi connectivity index (χ3n) is 10.6. The van der Waals surface area contributed by atoms with Gasteiger partial charge in [-0.25, -0.2) is 5.01 Å². The summed E-state index contributed by atoms with van der Waals surface area (Å²) in [5.74, 6) is -0.266. The van der Waals surface area contributed by atoms with Crippen molar-refractivity contribution in [1.29, 1.82) is 0 Å². The molecule has 1 aromatic rings. The van der Waals surface area contributed by atoms with Crippen molar-refractivity contribution in [1.82, 2.24) is 5.01 Å². The molecule has 2 fully saturated rings. The number of carbonyl (C=O) groups is 3. The van der Waals surface area contributed by atoms with E-state index in [0.717, 1.165) is 88.9 Å². The minimum Gasteiger partial charge on any atom is -0.506 e. The van der Waals surface area contributed by atoms with Crippen molar-refractivity contribution in [2.45, 2.75) is 136 Å². The number of Topliss-reactive ketones (excluding diaryl/α,β-unsaturated/α-hetero) is 1. The van der Waals surface area contributed by atoms with Crippen molar-refractivity contribution in [3.8, 4) is 0 Å². The van der Waals surface area contributed by atoms with E-state index in [1.54, 1.807) is 5.01 Å². The smallest absolute Gasteiger partial charge is 0.277 e. The first-order chi connectivity index (χ1) is 22.7. The van der Waals surface area contributed by atoms with E-state index in [0.29, 0.717) is 23.4 Å². The second-order valence-corrected chi connectivity index (χ2v) is 14.3. The maximum Gasteiger partial charge on any atom is 0.277 e. The van der Waals surface area contributed by atoms with Crippen LogP contribution in [0.1, 0.15) is 136 Å². The number of ketones is 1. The fourth-order valence-electron chi connectivity index (χ4n) is 7.79. The summed E-state index contributed by atoms with van der Waals surface area (Å²) in [6.45, 7) is 10.0. The fourth-order valence-corrected chi connectivity index (χ4v) is 7.79. The van der Waals surface area contributed by atoms with Crippen molar-refractivity contribution in [2.24, 2.45) is 16.9 Å². The number of unbranched alkanes of at least 4 members (excludes halogenated alkanes) is 4. The zero-order chi connectivity index (χ0) is 33.5. The van der Waals surface area contributed by atoms with Gasteiger partial charge in [-0.2, -0.15) is 5.10 Å². The number of benzene rings is 1. The molecule has 3 aliphatic carbocycles. The molecule has 0 atom stereocenters. The Morgan fingerprint density at radius 3 is 2.32 bits per heavy atom. The van der Waals surface area contributed by atoms with E-state index in [1.165, 1.54) is 32.1 Å². The number of carbonyl (C=O) groups excluding carboxylic acids is 3. The molecular formula is C39H56N4O4. The van der Waals surface area contributed by atoms with Crippen LogP contribution in [0.15, 0.2) is 40.2 Å². The molecule has 1 heterocycles. The average molecular weight is 645 g/mol. The number of anilines is 2. The molecule has 1 aromatic carbocycles. The monoisotopic (exact) mass is 644 g/mol. The van der Waals surface area contributed by atoms with E-state index >= 15 is 0 Å². The van der Waals surface area contributed by atoms with Gasteiger partial charge >= 0.3 is 0 Å². The van der Waals surface area contributed by atoms with Crippen LogP contribution in [-0.2, 0) is 14.4 Å². The Morgan fingerprint density at radius 1 is 0.957 bits per heavy atom. The summed E-state index contributed by atoms with van der Waals surface area (Å²) in [6.07, 6.45) is 17.1. The molecule has 2 amide bonds. The zero-order valence-corrected chi connectivity index (χ0v) is 29.2. The quantitative estimate of drug-likeness (QED) is 0.147. The molecule has 2 saturated carbocycles. The van der Waals surface area contributed by atoms with Crippen molar-refractivity contribution in [3.05, 3.63) is 40.7 Å². The molecule has 4 aliphatic rings. The van der Waals surface area contributed by atoms with Crippen LogP contribution in [0, 0.1) is 11.8 Å². The average Bonchev–Trinajstić information content (AvgIpc) is 3.71. The lowest BCUT2D eigenvalue weighted by molar-refractivity contribution is -0.128. The number of nitrogens with one attached hydrogen (secondary N) is 1. The highest BCUT2D eigenvalue weighted by atomic mass is 16.3. The van der Waals surface area contributed by atoms with Crippen LogP contribution in [0.5, 0.6) is 0 Å². The number of aliphatic hydroxyl groups is 1. The highest BCUT2D eigenvalue weighted by Gasteiger charge is 2.46. The van der Waals surface area contributed by atoms with Crippen molar-refractivity contribution >= 4 is 40.3 Å². The first-order valence-corrected chi connectivity index (χ1v) is 18.6. The third kappa shape index (κ3) is 7.84. The highest BCUT2D eigenvalue weighted by molar-refractivity contribution is 6.44. The van der Waals surface area contributed by atoms with Gasteiger partial charge in [-0.1, -0.05) is 91.4 Å². The Balaban J connectivity index is 1.45. The van der Waals surface area contributed by atoms with Crippen LogP contribution in [-0.4, -0.2) is 52.6 Å². The van der Waals surface area contributed by atoms with Gasteiger partial charge in [-0.05, 0) is 62.6 Å². The number of nitrogens with zero attached hydrogens (tertiary/aromatic N) is 3. The third-order valence-corrected chi connectivity index (χ3v) is 10.6. The van der Waals surface area contributed by atoms with Gasteiger partial charge in [0.05, 0.1) is 34.2 Å². The van der Waals surface area contributed by atoms with Gasteiger partial charge in [0.15, 0.2) is 0 Å². The van der Waals surface area contributed by atoms with Crippen LogP contribution in [0.2, 0.25) is 0 Å². The van der Waals surface area contributed by atoms with Gasteiger partial charge in [0.2, 0.25) is 11.7 Å². The summed E-state index contributed by atoms with van der Waals surface area (Å²) in [4.78, 5) is 43.3. The van der Waals surface area contributed by atoms with Gasteiger partial charge in [0.1, 0.15) is 5.76 Å². The number of rotatable bonds is 15. The van der Waals surface area contributed by atoms with Gasteiger partial charge in [0.25, 0.3) is 5.91 Å². The molecule has 47 heavy (non-hydrogen) atoms. The molecule has 5 rings (SSSR count). The van der Waals surface area contributed by atoms with Crippen LogP contribution in [0.25, 0.3) is 5.57 Å². The zero-order valence-electron chi connectivity index (χ0n) is 29.2. The Morgan fingerprint density at radius 2 is 1.66 bits per heavy atom. The van der Waals surface area contributed by atoms with Crippen molar-refractivity contribution in [3.63, 3.8) is 0 Å². The van der Waals surface area contributed by atoms with Crippen LogP contribution in [0.4, 0.5) is 11.4 Å². The topological polar surface area (TPSA) is 102 Å². The lowest BCUT2D eigenvalue weighted by Gasteiger charge is -2.29. The number of hydrogen-bond donors (Lipinski definition) is 2. The molecule has 2 N–H and O–H groups in total. The molecular weight excluding hydrogens is 588 g/mol. The highest BCUT2D eigenvalue weighted by Crippen LogP contribution is 2.44. The molecule has 0 aromatic heterocycles. The summed E-state index contributed by atoms with van der Waals surface area (Å²) in [7, 11) is 0. The van der Waals surface area contributed by atoms with Gasteiger partial charge in [-0.15, -0.1) is 0 Å². The van der Waals surface area contributed by atoms with E-state index in [4.69, 9.17) is 5.10 Å². The summed E-state index contributed by atoms with van der Waals surface area (Å²) in [5.41, 5.74) is 3.00. The summed E-state index contributed by atoms with van der Waals surface area (Å²) >= 11 is 0. The molecule has 0 bridgehead atoms. The Hall–Kier alpha value is -3.42. The first-order valence-electron chi connectivity index (χ1n) is 18.6. The molecule has 8 nitrogen and oxygen atoms in total. The molecule has 0 unspecified atom stereocenters. The molecule has 8 heteroatoms. The van der Waals surface area contributed by atoms with Gasteiger partial charge < -0.3 is 15.3 Å². The van der Waals surface area contributed by atoms with Crippen molar-refractivity contribution in [2.75, 3.05) is 23.3 Å². The Bertz CT molecular complexity index is 1410. The largest absolute Gasteiger partial charge is 0.506 e. The number of hydrogen-bond acceptors (Lipinski definition) is 6. The van der Waals surface area contributed by atoms with E-state index in [2.05, 4.69) is 24.1 Å². The molecule has 0 radical (unpaired) electrons. The Labute approximate surface area is 281 Å². The lowest BCUT2D eigenvalue weighted by atomic mass is 9.78. The number of aliphatic hydroxyl groups excluding tert-OH is 1. The predicted molar refractivity (Wildman–Crippen MR) is 190 cm³/mol. The van der Waals surface area contributed by atoms with E-state index in [-0.39, 0.29) is 52.0 Å². The summed E-state index contributed by atoms with van der Waals surface area (Å²) in [5, 5.41) is 20.9. The number of amides is 2. The molecule has 0 saturated heterocycles. The standard InChI is InChI=1S/C39H56N4O4/c1-5-7-8-9-13-20-32(44)40-31-25-29(42(6-2)24-23-27-16-14-15-17-27)21-22-30(31)33-37(45)35(38(33)46)34-36(26(3)4)41-43(39(34)47)28-18-11-10-12-19-28/h21-22,25-28,45H,5-20,23-24H2,1-4H3,(H,40,44). The van der Waals surface area contributed by atoms with Crippen molar-refractivity contribution < 1.29 is 19.5 Å². The molecule has 0 spiro atoms. The molecule has 256 valence electrons. The summed E-state index contributed by atoms with van der Waals surface area (Å²) < 4.78 is 0. The SMILES string of the molecule is CCCCCCCC(=O)Nc1cc(N(CC)CCC2CCCC2)ccc1C1=C(O)C(=C2C(=O)N(C3CCCCC3)N=C2C(C)C)C1=O. The number of hydrazone groups is 1. The number of allylic oxidation sites excluding steroid dienone is 2. The second-order valence-electron chi connectivity index (χ2n) is 14.3. The molecule has 1 aliphatic heterocycles. The minimum absolute atomic E-state index is 0.0235. The van der Waals surface area contributed by atoms with E-state index in [1.807, 2.05) is 32.0 Å². The van der Waals surface area contributed by atoms with Crippen LogP contribution >= 0.6 is 0 Å². The minimum atomic E-state index is -0.374. The lowest BCUT2D eigenvalue weighted by Crippen LogP contribution is -2.36. The van der Waals surface area contributed by atoms with Crippen LogP contribution < -0.4 is 10.2 Å². The van der Waals surface area contributed by atoms with Gasteiger partial charge in [0, 0.05) is 30.8 Å².